The highest BCUT2D eigenvalue weighted by molar-refractivity contribution is 7.99. The second-order valence-electron chi connectivity index (χ2n) is 0.836. The summed E-state index contributed by atoms with van der Waals surface area (Å²) in [6.07, 6.45) is 0. The van der Waals surface area contributed by atoms with Crippen molar-refractivity contribution in [3.63, 3.8) is 0 Å². The molecular weight excluding hydrogens is 96.1 g/mol. The fraction of sp³-hybridized carbons (Fsp3) is 0.750. The average Bonchev–Trinajstić information content (AvgIpc) is 1.61. The molecule has 0 rings (SSSR count). The maximum Gasteiger partial charge on any atom is 0.0521 e. The second-order valence-corrected chi connectivity index (χ2v) is 2.06. The minimum atomic E-state index is 0.278. The molecule has 0 heterocycles. The Kier molecular flexibility index (Phi) is 5.58. The first kappa shape index (κ1) is 6.31. The Morgan fingerprint density at radius 3 is 2.50 bits per heavy atom. The molecule has 6 heavy (non-hydrogen) atoms. The summed E-state index contributed by atoms with van der Waals surface area (Å²) in [6.45, 7) is 3.85. The molecule has 0 aliphatic heterocycles. The number of rotatable bonds is 3. The van der Waals surface area contributed by atoms with E-state index in [0.717, 1.165) is 11.5 Å². The molecule has 0 saturated heterocycles. The molecule has 37 valence electrons. The maximum absolute atomic E-state index is 8.15. The summed E-state index contributed by atoms with van der Waals surface area (Å²) >= 11 is 1.65. The summed E-state index contributed by atoms with van der Waals surface area (Å²) in [5.74, 6) is 1.68. The first-order valence-electron chi connectivity index (χ1n) is 1.89. The lowest BCUT2D eigenvalue weighted by Crippen LogP contribution is -1.84. The van der Waals surface area contributed by atoms with Crippen molar-refractivity contribution in [3.05, 3.63) is 6.92 Å². The minimum Gasteiger partial charge on any atom is -0.396 e. The van der Waals surface area contributed by atoms with Crippen molar-refractivity contribution in [2.45, 2.75) is 0 Å². The molecule has 0 saturated carbocycles. The van der Waals surface area contributed by atoms with Crippen molar-refractivity contribution < 1.29 is 5.11 Å². The zero-order valence-electron chi connectivity index (χ0n) is 3.68. The summed E-state index contributed by atoms with van der Waals surface area (Å²) in [5.41, 5.74) is 0. The van der Waals surface area contributed by atoms with E-state index in [1.165, 1.54) is 0 Å². The molecule has 0 aliphatic rings. The molecule has 1 nitrogen and oxygen atoms in total. The predicted octanol–water partition coefficient (Wildman–Crippen LogP) is 0.546. The number of thioether (sulfide) groups is 1. The van der Waals surface area contributed by atoms with Crippen LogP contribution < -0.4 is 0 Å². The molecule has 0 aromatic carbocycles. The lowest BCUT2D eigenvalue weighted by atomic mass is 10.9. The SMILES string of the molecule is [CH2]CSCCO. The van der Waals surface area contributed by atoms with Crippen molar-refractivity contribution >= 4 is 11.8 Å². The van der Waals surface area contributed by atoms with E-state index in [1.807, 2.05) is 0 Å². The number of hydrogen-bond acceptors (Lipinski definition) is 2. The summed E-state index contributed by atoms with van der Waals surface area (Å²) < 4.78 is 0. The summed E-state index contributed by atoms with van der Waals surface area (Å²) in [4.78, 5) is 0. The molecule has 0 unspecified atom stereocenters. The first-order valence-corrected chi connectivity index (χ1v) is 3.05. The van der Waals surface area contributed by atoms with Crippen LogP contribution in [0.4, 0.5) is 0 Å². The molecule has 0 aromatic heterocycles. The van der Waals surface area contributed by atoms with E-state index in [4.69, 9.17) is 5.11 Å². The Morgan fingerprint density at radius 1 is 1.67 bits per heavy atom. The van der Waals surface area contributed by atoms with Crippen LogP contribution in [0.25, 0.3) is 0 Å². The first-order chi connectivity index (χ1) is 2.91. The second kappa shape index (κ2) is 5.31. The van der Waals surface area contributed by atoms with E-state index in [2.05, 4.69) is 6.92 Å². The third-order valence-corrected chi connectivity index (χ3v) is 1.14. The number of aliphatic hydroxyl groups is 1. The fourth-order valence-corrected chi connectivity index (χ4v) is 0.500. The fourth-order valence-electron chi connectivity index (χ4n) is 0.167. The predicted molar refractivity (Wildman–Crippen MR) is 29.8 cm³/mol. The van der Waals surface area contributed by atoms with Gasteiger partial charge in [-0.25, -0.2) is 0 Å². The van der Waals surface area contributed by atoms with Crippen molar-refractivity contribution in [1.82, 2.24) is 0 Å². The van der Waals surface area contributed by atoms with Crippen molar-refractivity contribution in [2.24, 2.45) is 0 Å². The Morgan fingerprint density at radius 2 is 2.33 bits per heavy atom. The lowest BCUT2D eigenvalue weighted by molar-refractivity contribution is 0.322. The highest BCUT2D eigenvalue weighted by atomic mass is 32.2. The molecule has 0 atom stereocenters. The van der Waals surface area contributed by atoms with Gasteiger partial charge in [-0.1, -0.05) is 0 Å². The van der Waals surface area contributed by atoms with E-state index < -0.39 is 0 Å². The van der Waals surface area contributed by atoms with Gasteiger partial charge >= 0.3 is 0 Å². The average molecular weight is 105 g/mol. The molecule has 0 bridgehead atoms. The van der Waals surface area contributed by atoms with E-state index in [0.29, 0.717) is 0 Å². The number of aliphatic hydroxyl groups excluding tert-OH is 1. The molecule has 0 aromatic rings. The Labute approximate surface area is 42.8 Å². The Balaban J connectivity index is 2.34. The van der Waals surface area contributed by atoms with Crippen LogP contribution in [0.2, 0.25) is 0 Å². The molecule has 0 spiro atoms. The van der Waals surface area contributed by atoms with Crippen LogP contribution in [-0.2, 0) is 0 Å². The molecule has 1 N–H and O–H groups in total. The molecule has 0 fully saturated rings. The normalized spacial score (nSPS) is 9.00. The van der Waals surface area contributed by atoms with E-state index in [-0.39, 0.29) is 6.61 Å². The highest BCUT2D eigenvalue weighted by Gasteiger charge is 1.75. The third kappa shape index (κ3) is 4.31. The molecule has 0 aliphatic carbocycles. The van der Waals surface area contributed by atoms with Crippen LogP contribution in [0.15, 0.2) is 0 Å². The van der Waals surface area contributed by atoms with Crippen molar-refractivity contribution in [2.75, 3.05) is 18.1 Å². The molecular formula is C4H9OS. The number of hydrogen-bond donors (Lipinski definition) is 1. The lowest BCUT2D eigenvalue weighted by Gasteiger charge is -1.86. The summed E-state index contributed by atoms with van der Waals surface area (Å²) in [6, 6.07) is 0. The van der Waals surface area contributed by atoms with Crippen LogP contribution in [0.1, 0.15) is 0 Å². The Bertz CT molecular complexity index is 19.5. The van der Waals surface area contributed by atoms with Gasteiger partial charge in [-0.3, -0.25) is 0 Å². The van der Waals surface area contributed by atoms with Gasteiger partial charge in [0.15, 0.2) is 0 Å². The van der Waals surface area contributed by atoms with Gasteiger partial charge in [0.25, 0.3) is 0 Å². The smallest absolute Gasteiger partial charge is 0.0521 e. The summed E-state index contributed by atoms with van der Waals surface area (Å²) in [5, 5.41) is 8.15. The van der Waals surface area contributed by atoms with Gasteiger partial charge < -0.3 is 5.11 Å². The topological polar surface area (TPSA) is 20.2 Å². The van der Waals surface area contributed by atoms with Gasteiger partial charge in [-0.15, -0.1) is 0 Å². The van der Waals surface area contributed by atoms with Gasteiger partial charge in [-0.2, -0.15) is 11.8 Å². The zero-order valence-corrected chi connectivity index (χ0v) is 4.50. The van der Waals surface area contributed by atoms with Gasteiger partial charge in [0, 0.05) is 5.75 Å². The monoisotopic (exact) mass is 105 g/mol. The molecule has 1 radical (unpaired) electrons. The zero-order chi connectivity index (χ0) is 4.83. The van der Waals surface area contributed by atoms with E-state index in [9.17, 15) is 0 Å². The van der Waals surface area contributed by atoms with Crippen LogP contribution in [0.3, 0.4) is 0 Å². The van der Waals surface area contributed by atoms with Gasteiger partial charge in [0.2, 0.25) is 0 Å². The van der Waals surface area contributed by atoms with Gasteiger partial charge in [0.1, 0.15) is 0 Å². The molecule has 0 amide bonds. The van der Waals surface area contributed by atoms with Crippen molar-refractivity contribution in [1.29, 1.82) is 0 Å². The largest absolute Gasteiger partial charge is 0.396 e. The van der Waals surface area contributed by atoms with Crippen LogP contribution in [0, 0.1) is 6.92 Å². The standard InChI is InChI=1S/C4H9OS/c1-2-6-4-3-5/h5H,1-4H2. The van der Waals surface area contributed by atoms with Gasteiger partial charge in [0.05, 0.1) is 6.61 Å². The van der Waals surface area contributed by atoms with E-state index >= 15 is 0 Å². The van der Waals surface area contributed by atoms with Crippen LogP contribution in [-0.4, -0.2) is 23.2 Å². The van der Waals surface area contributed by atoms with Crippen LogP contribution >= 0.6 is 11.8 Å². The third-order valence-electron chi connectivity index (χ3n) is 0.380. The molecule has 2 heteroatoms. The van der Waals surface area contributed by atoms with Gasteiger partial charge in [-0.05, 0) is 12.7 Å². The maximum atomic E-state index is 8.15. The quantitative estimate of drug-likeness (QED) is 0.529. The van der Waals surface area contributed by atoms with Crippen molar-refractivity contribution in [3.8, 4) is 0 Å². The van der Waals surface area contributed by atoms with E-state index in [1.54, 1.807) is 11.8 Å². The highest BCUT2D eigenvalue weighted by Crippen LogP contribution is 1.93. The Hall–Kier alpha value is 0.310. The minimum absolute atomic E-state index is 0.278. The van der Waals surface area contributed by atoms with Crippen LogP contribution in [0.5, 0.6) is 0 Å². The summed E-state index contributed by atoms with van der Waals surface area (Å²) in [7, 11) is 0.